The highest BCUT2D eigenvalue weighted by atomic mass is 35.5. The van der Waals surface area contributed by atoms with Crippen LogP contribution in [0.2, 0.25) is 5.02 Å². The highest BCUT2D eigenvalue weighted by molar-refractivity contribution is 7.92. The number of methoxy groups -OCH3 is 1. The first-order valence-corrected chi connectivity index (χ1v) is 13.8. The third-order valence-corrected chi connectivity index (χ3v) is 7.71. The van der Waals surface area contributed by atoms with Crippen LogP contribution >= 0.6 is 11.6 Å². The van der Waals surface area contributed by atoms with Gasteiger partial charge in [-0.15, -0.1) is 0 Å². The van der Waals surface area contributed by atoms with Crippen LogP contribution in [0.1, 0.15) is 15.9 Å². The Hall–Kier alpha value is -4.41. The molecular formula is C29H24ClFN2O6S. The summed E-state index contributed by atoms with van der Waals surface area (Å²) in [6.07, 6.45) is 0.0143. The molecular weight excluding hydrogens is 559 g/mol. The smallest absolute Gasteiger partial charge is 0.326 e. The first-order chi connectivity index (χ1) is 19.1. The maximum Gasteiger partial charge on any atom is 0.326 e. The Bertz CT molecular complexity index is 1640. The summed E-state index contributed by atoms with van der Waals surface area (Å²) in [6, 6.07) is 21.6. The van der Waals surface area contributed by atoms with Crippen molar-refractivity contribution in [3.05, 3.63) is 113 Å². The zero-order valence-corrected chi connectivity index (χ0v) is 22.7. The van der Waals surface area contributed by atoms with Gasteiger partial charge in [-0.3, -0.25) is 9.52 Å². The number of sulfonamides is 1. The first kappa shape index (κ1) is 28.6. The second-order valence-electron chi connectivity index (χ2n) is 8.72. The molecule has 0 bridgehead atoms. The molecule has 0 aliphatic rings. The molecule has 1 amide bonds. The summed E-state index contributed by atoms with van der Waals surface area (Å²) in [4.78, 5) is 24.7. The fourth-order valence-electron chi connectivity index (χ4n) is 3.97. The van der Waals surface area contributed by atoms with E-state index in [1.54, 1.807) is 19.2 Å². The number of hydrogen-bond acceptors (Lipinski definition) is 5. The van der Waals surface area contributed by atoms with Gasteiger partial charge in [0.2, 0.25) is 0 Å². The Balaban J connectivity index is 1.45. The number of carboxylic acids is 1. The molecule has 0 fully saturated rings. The molecule has 0 unspecified atom stereocenters. The Morgan fingerprint density at radius 2 is 1.65 bits per heavy atom. The Kier molecular flexibility index (Phi) is 8.71. The van der Waals surface area contributed by atoms with Gasteiger partial charge in [-0.25, -0.2) is 17.6 Å². The minimum absolute atomic E-state index is 0.0143. The van der Waals surface area contributed by atoms with Crippen molar-refractivity contribution in [3.63, 3.8) is 0 Å². The van der Waals surface area contributed by atoms with Gasteiger partial charge in [0, 0.05) is 12.0 Å². The maximum absolute atomic E-state index is 13.1. The van der Waals surface area contributed by atoms with E-state index in [4.69, 9.17) is 16.3 Å². The highest BCUT2D eigenvalue weighted by Gasteiger charge is 2.23. The van der Waals surface area contributed by atoms with E-state index in [0.717, 1.165) is 35.4 Å². The lowest BCUT2D eigenvalue weighted by Crippen LogP contribution is -2.42. The molecule has 0 aliphatic heterocycles. The maximum atomic E-state index is 13.1. The lowest BCUT2D eigenvalue weighted by molar-refractivity contribution is -0.139. The zero-order chi connectivity index (χ0) is 28.9. The number of benzene rings is 4. The zero-order valence-electron chi connectivity index (χ0n) is 21.1. The summed E-state index contributed by atoms with van der Waals surface area (Å²) in [7, 11) is -2.45. The van der Waals surface area contributed by atoms with Gasteiger partial charge in [0.25, 0.3) is 15.9 Å². The summed E-state index contributed by atoms with van der Waals surface area (Å²) in [6.45, 7) is 0. The number of para-hydroxylation sites is 1. The van der Waals surface area contributed by atoms with Crippen LogP contribution in [0.25, 0.3) is 11.1 Å². The monoisotopic (exact) mass is 582 g/mol. The predicted octanol–water partition coefficient (Wildman–Crippen LogP) is 5.38. The predicted molar refractivity (Wildman–Crippen MR) is 150 cm³/mol. The quantitative estimate of drug-likeness (QED) is 0.231. The molecule has 3 N–H and O–H groups in total. The molecule has 4 aromatic rings. The van der Waals surface area contributed by atoms with Crippen LogP contribution in [0.5, 0.6) is 5.75 Å². The standard InChI is InChI=1S/C29H24ClFN2O6S/c1-39-27-5-3-2-4-23(27)19-8-6-18(7-9-19)16-26(29(35)36)32-28(34)24-15-12-21(17-25(24)30)33-40(37,38)22-13-10-20(31)11-14-22/h2-15,17,26,33H,16H2,1H3,(H,32,34)(H,35,36)/t26-/m0/s1. The Morgan fingerprint density at radius 1 is 0.975 bits per heavy atom. The second kappa shape index (κ2) is 12.2. The van der Waals surface area contributed by atoms with Crippen molar-refractivity contribution < 1.29 is 32.2 Å². The molecule has 4 aromatic carbocycles. The lowest BCUT2D eigenvalue weighted by atomic mass is 10.00. The van der Waals surface area contributed by atoms with Crippen LogP contribution in [0, 0.1) is 5.82 Å². The second-order valence-corrected chi connectivity index (χ2v) is 10.8. The van der Waals surface area contributed by atoms with Crippen LogP contribution in [0.15, 0.2) is 95.9 Å². The topological polar surface area (TPSA) is 122 Å². The van der Waals surface area contributed by atoms with E-state index >= 15 is 0 Å². The van der Waals surface area contributed by atoms with E-state index in [9.17, 15) is 27.5 Å². The molecule has 0 radical (unpaired) electrons. The number of carbonyl (C=O) groups is 2. The van der Waals surface area contributed by atoms with Crippen LogP contribution in [0.4, 0.5) is 10.1 Å². The van der Waals surface area contributed by atoms with Crippen molar-refractivity contribution in [2.75, 3.05) is 11.8 Å². The third-order valence-electron chi connectivity index (χ3n) is 6.01. The molecule has 0 aliphatic carbocycles. The minimum atomic E-state index is -4.03. The number of hydrogen-bond donors (Lipinski definition) is 3. The Labute approximate surface area is 235 Å². The van der Waals surface area contributed by atoms with Gasteiger partial charge in [-0.1, -0.05) is 54.1 Å². The van der Waals surface area contributed by atoms with E-state index in [2.05, 4.69) is 10.0 Å². The Morgan fingerprint density at radius 3 is 2.27 bits per heavy atom. The summed E-state index contributed by atoms with van der Waals surface area (Å²) >= 11 is 6.24. The van der Waals surface area contributed by atoms with Gasteiger partial charge >= 0.3 is 5.97 Å². The molecule has 206 valence electrons. The molecule has 40 heavy (non-hydrogen) atoms. The summed E-state index contributed by atoms with van der Waals surface area (Å²) in [5.41, 5.74) is 2.49. The number of carboxylic acid groups (broad SMARTS) is 1. The van der Waals surface area contributed by atoms with E-state index in [1.165, 1.54) is 18.2 Å². The van der Waals surface area contributed by atoms with E-state index < -0.39 is 33.8 Å². The van der Waals surface area contributed by atoms with Crippen molar-refractivity contribution in [2.45, 2.75) is 17.4 Å². The fourth-order valence-corrected chi connectivity index (χ4v) is 5.28. The SMILES string of the molecule is COc1ccccc1-c1ccc(C[C@H](NC(=O)c2ccc(NS(=O)(=O)c3ccc(F)cc3)cc2Cl)C(=O)O)cc1. The fraction of sp³-hybridized carbons (Fsp3) is 0.103. The summed E-state index contributed by atoms with van der Waals surface area (Å²) in [5, 5.41) is 12.1. The molecule has 8 nitrogen and oxygen atoms in total. The number of rotatable bonds is 10. The van der Waals surface area contributed by atoms with Crippen molar-refractivity contribution in [1.82, 2.24) is 5.32 Å². The van der Waals surface area contributed by atoms with Gasteiger partial charge in [0.1, 0.15) is 17.6 Å². The largest absolute Gasteiger partial charge is 0.496 e. The molecule has 11 heteroatoms. The van der Waals surface area contributed by atoms with Crippen molar-refractivity contribution >= 4 is 39.2 Å². The third kappa shape index (κ3) is 6.77. The molecule has 0 aromatic heterocycles. The molecule has 1 atom stereocenters. The summed E-state index contributed by atoms with van der Waals surface area (Å²) in [5.74, 6) is -1.85. The average molecular weight is 583 g/mol. The molecule has 0 spiro atoms. The molecule has 0 saturated heterocycles. The van der Waals surface area contributed by atoms with Gasteiger partial charge < -0.3 is 15.2 Å². The van der Waals surface area contributed by atoms with E-state index in [0.29, 0.717) is 11.3 Å². The molecule has 4 rings (SSSR count). The normalized spacial score (nSPS) is 11.9. The number of ether oxygens (including phenoxy) is 1. The van der Waals surface area contributed by atoms with Crippen molar-refractivity contribution in [2.24, 2.45) is 0 Å². The van der Waals surface area contributed by atoms with Gasteiger partial charge in [-0.05, 0) is 59.7 Å². The van der Waals surface area contributed by atoms with Crippen molar-refractivity contribution in [1.29, 1.82) is 0 Å². The number of halogens is 2. The van der Waals surface area contributed by atoms with Crippen LogP contribution in [-0.2, 0) is 21.2 Å². The van der Waals surface area contributed by atoms with Gasteiger partial charge in [0.15, 0.2) is 0 Å². The van der Waals surface area contributed by atoms with Gasteiger partial charge in [0.05, 0.1) is 28.3 Å². The molecule has 0 saturated carbocycles. The average Bonchev–Trinajstić information content (AvgIpc) is 2.93. The lowest BCUT2D eigenvalue weighted by Gasteiger charge is -2.16. The van der Waals surface area contributed by atoms with Crippen LogP contribution < -0.4 is 14.8 Å². The minimum Gasteiger partial charge on any atom is -0.496 e. The van der Waals surface area contributed by atoms with Crippen molar-refractivity contribution in [3.8, 4) is 16.9 Å². The number of nitrogens with one attached hydrogen (secondary N) is 2. The van der Waals surface area contributed by atoms with Crippen LogP contribution in [0.3, 0.4) is 0 Å². The van der Waals surface area contributed by atoms with E-state index in [-0.39, 0.29) is 27.6 Å². The van der Waals surface area contributed by atoms with Gasteiger partial charge in [-0.2, -0.15) is 0 Å². The highest BCUT2D eigenvalue weighted by Crippen LogP contribution is 2.30. The number of anilines is 1. The number of carbonyl (C=O) groups excluding carboxylic acids is 1. The van der Waals surface area contributed by atoms with Crippen LogP contribution in [-0.4, -0.2) is 38.6 Å². The summed E-state index contributed by atoms with van der Waals surface area (Å²) < 4.78 is 45.9. The van der Waals surface area contributed by atoms with E-state index in [1.807, 2.05) is 36.4 Å². The first-order valence-electron chi connectivity index (χ1n) is 11.9. The molecule has 0 heterocycles. The number of aliphatic carboxylic acids is 1. The number of amides is 1.